The van der Waals surface area contributed by atoms with Gasteiger partial charge in [0.2, 0.25) is 0 Å². The van der Waals surface area contributed by atoms with E-state index in [1.165, 1.54) is 19.1 Å². The van der Waals surface area contributed by atoms with Gasteiger partial charge in [-0.1, -0.05) is 24.3 Å². The van der Waals surface area contributed by atoms with Crippen molar-refractivity contribution < 1.29 is 30.0 Å². The third kappa shape index (κ3) is 2.06. The second-order valence-electron chi connectivity index (χ2n) is 7.06. The predicted molar refractivity (Wildman–Crippen MR) is 91.7 cm³/mol. The smallest absolute Gasteiger partial charge is 0.198 e. The molecule has 0 fully saturated rings. The average molecular weight is 354 g/mol. The highest BCUT2D eigenvalue weighted by molar-refractivity contribution is 6.30. The molecule has 0 aromatic heterocycles. The number of ketones is 2. The van der Waals surface area contributed by atoms with Crippen LogP contribution in [0.2, 0.25) is 0 Å². The minimum Gasteiger partial charge on any atom is -0.507 e. The minimum atomic E-state index is -1.47. The molecule has 2 aliphatic rings. The second kappa shape index (κ2) is 5.40. The molecule has 2 aliphatic carbocycles. The molecule has 134 valence electrons. The SMILES string of the molecule is CC(O)[C@]1(O)CCc2c(O)c3c(c(O)c2C1)C(=O)c1ccccc1C3=O. The molecule has 2 aromatic carbocycles. The van der Waals surface area contributed by atoms with Crippen LogP contribution < -0.4 is 0 Å². The first kappa shape index (κ1) is 16.8. The van der Waals surface area contributed by atoms with Crippen LogP contribution in [0.5, 0.6) is 11.5 Å². The zero-order valence-electron chi connectivity index (χ0n) is 14.1. The Morgan fingerprint density at radius 3 is 1.96 bits per heavy atom. The quantitative estimate of drug-likeness (QED) is 0.492. The maximum Gasteiger partial charge on any atom is 0.198 e. The van der Waals surface area contributed by atoms with Crippen LogP contribution in [-0.2, 0) is 12.8 Å². The highest BCUT2D eigenvalue weighted by Gasteiger charge is 2.43. The topological polar surface area (TPSA) is 115 Å². The third-order valence-corrected chi connectivity index (χ3v) is 5.60. The van der Waals surface area contributed by atoms with E-state index in [0.717, 1.165) is 0 Å². The molecule has 0 aliphatic heterocycles. The van der Waals surface area contributed by atoms with Gasteiger partial charge in [0.1, 0.15) is 11.5 Å². The summed E-state index contributed by atoms with van der Waals surface area (Å²) in [4.78, 5) is 25.7. The lowest BCUT2D eigenvalue weighted by Gasteiger charge is -2.37. The number of carbonyl (C=O) groups excluding carboxylic acids is 2. The van der Waals surface area contributed by atoms with E-state index in [-0.39, 0.29) is 52.8 Å². The summed E-state index contributed by atoms with van der Waals surface area (Å²) in [5.74, 6) is -1.79. The number of aliphatic hydroxyl groups excluding tert-OH is 1. The maximum absolute atomic E-state index is 12.9. The number of hydrogen-bond acceptors (Lipinski definition) is 6. The lowest BCUT2D eigenvalue weighted by atomic mass is 9.73. The van der Waals surface area contributed by atoms with Crippen LogP contribution >= 0.6 is 0 Å². The molecule has 0 amide bonds. The van der Waals surface area contributed by atoms with Gasteiger partial charge in [-0.05, 0) is 19.8 Å². The number of benzene rings is 2. The van der Waals surface area contributed by atoms with E-state index in [0.29, 0.717) is 5.56 Å². The summed E-state index contributed by atoms with van der Waals surface area (Å²) in [5.41, 5.74) is -0.988. The van der Waals surface area contributed by atoms with Crippen molar-refractivity contribution in [2.75, 3.05) is 0 Å². The summed E-state index contributed by atoms with van der Waals surface area (Å²) in [7, 11) is 0. The number of hydrogen-bond donors (Lipinski definition) is 4. The maximum atomic E-state index is 12.9. The molecule has 4 N–H and O–H groups in total. The van der Waals surface area contributed by atoms with Gasteiger partial charge in [-0.3, -0.25) is 9.59 Å². The van der Waals surface area contributed by atoms with E-state index in [1.54, 1.807) is 12.1 Å². The molecule has 2 atom stereocenters. The van der Waals surface area contributed by atoms with E-state index >= 15 is 0 Å². The Morgan fingerprint density at radius 1 is 0.962 bits per heavy atom. The molecular weight excluding hydrogens is 336 g/mol. The van der Waals surface area contributed by atoms with Crippen molar-refractivity contribution >= 4 is 11.6 Å². The molecule has 0 radical (unpaired) electrons. The van der Waals surface area contributed by atoms with Gasteiger partial charge in [-0.15, -0.1) is 0 Å². The normalized spacial score (nSPS) is 22.4. The number of rotatable bonds is 1. The lowest BCUT2D eigenvalue weighted by molar-refractivity contribution is -0.0748. The summed E-state index contributed by atoms with van der Waals surface area (Å²) in [6.45, 7) is 1.45. The zero-order valence-corrected chi connectivity index (χ0v) is 14.1. The highest BCUT2D eigenvalue weighted by Crippen LogP contribution is 2.47. The van der Waals surface area contributed by atoms with Crippen molar-refractivity contribution in [1.29, 1.82) is 0 Å². The Bertz CT molecular complexity index is 975. The second-order valence-corrected chi connectivity index (χ2v) is 7.06. The van der Waals surface area contributed by atoms with Gasteiger partial charge < -0.3 is 20.4 Å². The monoisotopic (exact) mass is 354 g/mol. The first-order valence-electron chi connectivity index (χ1n) is 8.44. The van der Waals surface area contributed by atoms with Crippen molar-refractivity contribution in [2.24, 2.45) is 0 Å². The van der Waals surface area contributed by atoms with E-state index in [4.69, 9.17) is 0 Å². The van der Waals surface area contributed by atoms with Crippen LogP contribution in [0, 0.1) is 0 Å². The Balaban J connectivity index is 1.98. The molecule has 0 saturated carbocycles. The molecule has 6 nitrogen and oxygen atoms in total. The summed E-state index contributed by atoms with van der Waals surface area (Å²) in [6.07, 6.45) is -0.823. The van der Waals surface area contributed by atoms with Crippen LogP contribution in [0.3, 0.4) is 0 Å². The summed E-state index contributed by atoms with van der Waals surface area (Å²) in [5, 5.41) is 41.9. The standard InChI is InChI=1S/C20H18O6/c1-9(21)20(26)7-6-12-13(8-20)19(25)15-14(18(12)24)16(22)10-4-2-3-5-11(10)17(15)23/h2-5,9,21,24-26H,6-8H2,1H3/t9?,20-/m0/s1. The molecule has 1 unspecified atom stereocenters. The predicted octanol–water partition coefficient (Wildman–Crippen LogP) is 1.47. The molecule has 2 aromatic rings. The van der Waals surface area contributed by atoms with Gasteiger partial charge in [0.05, 0.1) is 22.8 Å². The molecular formula is C20H18O6. The molecule has 0 bridgehead atoms. The van der Waals surface area contributed by atoms with Gasteiger partial charge >= 0.3 is 0 Å². The van der Waals surface area contributed by atoms with E-state index in [1.807, 2.05) is 0 Å². The Labute approximate surface area is 149 Å². The average Bonchev–Trinajstić information content (AvgIpc) is 2.62. The van der Waals surface area contributed by atoms with Gasteiger partial charge in [0.15, 0.2) is 11.6 Å². The van der Waals surface area contributed by atoms with E-state index < -0.39 is 29.0 Å². The van der Waals surface area contributed by atoms with Gasteiger partial charge in [-0.25, -0.2) is 0 Å². The van der Waals surface area contributed by atoms with Gasteiger partial charge in [-0.2, -0.15) is 0 Å². The van der Waals surface area contributed by atoms with E-state index in [9.17, 15) is 30.0 Å². The zero-order chi connectivity index (χ0) is 18.8. The Hall–Kier alpha value is -2.70. The summed E-state index contributed by atoms with van der Waals surface area (Å²) >= 11 is 0. The fourth-order valence-corrected chi connectivity index (χ4v) is 3.97. The number of phenolic OH excluding ortho intramolecular Hbond substituents is 2. The Morgan fingerprint density at radius 2 is 1.46 bits per heavy atom. The first-order chi connectivity index (χ1) is 12.3. The van der Waals surface area contributed by atoms with Crippen molar-refractivity contribution in [3.8, 4) is 11.5 Å². The van der Waals surface area contributed by atoms with Gasteiger partial charge in [0, 0.05) is 28.7 Å². The fraction of sp³-hybridized carbons (Fsp3) is 0.300. The lowest BCUT2D eigenvalue weighted by Crippen LogP contribution is -2.45. The summed E-state index contributed by atoms with van der Waals surface area (Å²) in [6, 6.07) is 6.27. The number of carbonyl (C=O) groups is 2. The molecule has 4 rings (SSSR count). The van der Waals surface area contributed by atoms with Crippen LogP contribution in [0.15, 0.2) is 24.3 Å². The Kier molecular flexibility index (Phi) is 3.48. The van der Waals surface area contributed by atoms with Crippen LogP contribution in [-0.4, -0.2) is 43.7 Å². The van der Waals surface area contributed by atoms with Crippen molar-refractivity contribution in [2.45, 2.75) is 37.9 Å². The third-order valence-electron chi connectivity index (χ3n) is 5.60. The number of phenols is 2. The fourth-order valence-electron chi connectivity index (χ4n) is 3.97. The molecule has 26 heavy (non-hydrogen) atoms. The molecule has 0 spiro atoms. The molecule has 0 heterocycles. The number of aliphatic hydroxyl groups is 2. The van der Waals surface area contributed by atoms with Crippen LogP contribution in [0.25, 0.3) is 0 Å². The number of fused-ring (bicyclic) bond motifs is 3. The molecule has 6 heteroatoms. The number of aromatic hydroxyl groups is 2. The summed E-state index contributed by atoms with van der Waals surface area (Å²) < 4.78 is 0. The first-order valence-corrected chi connectivity index (χ1v) is 8.44. The van der Waals surface area contributed by atoms with Crippen LogP contribution in [0.1, 0.15) is 56.3 Å². The molecule has 0 saturated heterocycles. The van der Waals surface area contributed by atoms with Crippen molar-refractivity contribution in [1.82, 2.24) is 0 Å². The van der Waals surface area contributed by atoms with Crippen LogP contribution in [0.4, 0.5) is 0 Å². The largest absolute Gasteiger partial charge is 0.507 e. The highest BCUT2D eigenvalue weighted by atomic mass is 16.3. The van der Waals surface area contributed by atoms with E-state index in [2.05, 4.69) is 0 Å². The van der Waals surface area contributed by atoms with Crippen molar-refractivity contribution in [3.63, 3.8) is 0 Å². The van der Waals surface area contributed by atoms with Gasteiger partial charge in [0.25, 0.3) is 0 Å². The van der Waals surface area contributed by atoms with Crippen molar-refractivity contribution in [3.05, 3.63) is 57.6 Å². The minimum absolute atomic E-state index is 0.115.